The van der Waals surface area contributed by atoms with Gasteiger partial charge in [0.05, 0.1) is 30.4 Å². The Morgan fingerprint density at radius 3 is 2.30 bits per heavy atom. The van der Waals surface area contributed by atoms with Gasteiger partial charge < -0.3 is 14.6 Å². The van der Waals surface area contributed by atoms with Crippen LogP contribution in [0.1, 0.15) is 24.2 Å². The molecule has 4 heteroatoms. The van der Waals surface area contributed by atoms with E-state index in [0.29, 0.717) is 28.4 Å². The second kappa shape index (κ2) is 6.09. The van der Waals surface area contributed by atoms with Crippen molar-refractivity contribution < 1.29 is 14.6 Å². The molecule has 2 aromatic carbocycles. The van der Waals surface area contributed by atoms with Crippen LogP contribution in [0, 0.1) is 11.3 Å². The van der Waals surface area contributed by atoms with Crippen molar-refractivity contribution in [3.8, 4) is 23.3 Å². The number of rotatable bonds is 4. The van der Waals surface area contributed by atoms with Gasteiger partial charge in [-0.25, -0.2) is 0 Å². The highest BCUT2D eigenvalue weighted by molar-refractivity contribution is 5.48. The van der Waals surface area contributed by atoms with Gasteiger partial charge in [0.25, 0.3) is 0 Å². The fourth-order valence-corrected chi connectivity index (χ4v) is 1.93. The molecule has 0 bridgehead atoms. The minimum absolute atomic E-state index is 0.532. The number of nitriles is 1. The van der Waals surface area contributed by atoms with E-state index in [1.165, 1.54) is 0 Å². The van der Waals surface area contributed by atoms with E-state index in [0.717, 1.165) is 0 Å². The van der Waals surface area contributed by atoms with E-state index in [2.05, 4.69) is 6.07 Å². The molecule has 0 aliphatic carbocycles. The van der Waals surface area contributed by atoms with Crippen LogP contribution in [0.5, 0.6) is 17.2 Å². The van der Waals surface area contributed by atoms with E-state index >= 15 is 0 Å². The van der Waals surface area contributed by atoms with Crippen LogP contribution in [-0.2, 0) is 0 Å². The smallest absolute Gasteiger partial charge is 0.136 e. The van der Waals surface area contributed by atoms with Gasteiger partial charge in [0.1, 0.15) is 17.2 Å². The number of hydrogen-bond donors (Lipinski definition) is 1. The number of aliphatic hydroxyl groups excluding tert-OH is 1. The largest absolute Gasteiger partial charge is 0.496 e. The Hall–Kier alpha value is -2.51. The van der Waals surface area contributed by atoms with E-state index in [9.17, 15) is 5.11 Å². The Labute approximate surface area is 117 Å². The molecular formula is C16H15NO3. The van der Waals surface area contributed by atoms with Crippen LogP contribution in [0.4, 0.5) is 0 Å². The van der Waals surface area contributed by atoms with Gasteiger partial charge in [-0.3, -0.25) is 0 Å². The van der Waals surface area contributed by atoms with Gasteiger partial charge >= 0.3 is 0 Å². The van der Waals surface area contributed by atoms with Gasteiger partial charge in [-0.15, -0.1) is 0 Å². The highest BCUT2D eigenvalue weighted by Gasteiger charge is 2.15. The third-order valence-corrected chi connectivity index (χ3v) is 2.88. The first-order chi connectivity index (χ1) is 9.65. The molecule has 1 atom stereocenters. The lowest BCUT2D eigenvalue weighted by atomic mass is 10.1. The van der Waals surface area contributed by atoms with Gasteiger partial charge in [-0.05, 0) is 43.3 Å². The van der Waals surface area contributed by atoms with Gasteiger partial charge in [0.2, 0.25) is 0 Å². The van der Waals surface area contributed by atoms with Crippen LogP contribution in [-0.4, -0.2) is 12.2 Å². The van der Waals surface area contributed by atoms with E-state index in [1.807, 2.05) is 0 Å². The summed E-state index contributed by atoms with van der Waals surface area (Å²) in [6.45, 7) is 1.66. The van der Waals surface area contributed by atoms with Crippen LogP contribution >= 0.6 is 0 Å². The summed E-state index contributed by atoms with van der Waals surface area (Å²) in [5.74, 6) is 1.70. The molecule has 0 saturated heterocycles. The van der Waals surface area contributed by atoms with E-state index < -0.39 is 6.10 Å². The zero-order valence-electron chi connectivity index (χ0n) is 11.3. The first-order valence-corrected chi connectivity index (χ1v) is 6.18. The van der Waals surface area contributed by atoms with Gasteiger partial charge in [-0.2, -0.15) is 5.26 Å². The van der Waals surface area contributed by atoms with Gasteiger partial charge in [0.15, 0.2) is 0 Å². The number of ether oxygens (including phenoxy) is 2. The molecule has 0 aliphatic rings. The van der Waals surface area contributed by atoms with Crippen LogP contribution in [0.2, 0.25) is 0 Å². The molecule has 20 heavy (non-hydrogen) atoms. The van der Waals surface area contributed by atoms with Crippen molar-refractivity contribution in [3.63, 3.8) is 0 Å². The maximum Gasteiger partial charge on any atom is 0.136 e. The molecule has 0 aliphatic heterocycles. The van der Waals surface area contributed by atoms with Crippen molar-refractivity contribution in [3.05, 3.63) is 53.6 Å². The maximum absolute atomic E-state index is 9.87. The van der Waals surface area contributed by atoms with E-state index in [1.54, 1.807) is 56.5 Å². The van der Waals surface area contributed by atoms with Crippen molar-refractivity contribution in [1.29, 1.82) is 5.26 Å². The Morgan fingerprint density at radius 2 is 1.75 bits per heavy atom. The van der Waals surface area contributed by atoms with Crippen molar-refractivity contribution >= 4 is 0 Å². The van der Waals surface area contributed by atoms with Crippen molar-refractivity contribution in [2.24, 2.45) is 0 Å². The molecule has 4 nitrogen and oxygen atoms in total. The number of hydrogen-bond acceptors (Lipinski definition) is 4. The summed E-state index contributed by atoms with van der Waals surface area (Å²) >= 11 is 0. The summed E-state index contributed by atoms with van der Waals surface area (Å²) in [5, 5.41) is 18.6. The maximum atomic E-state index is 9.87. The van der Waals surface area contributed by atoms with Crippen LogP contribution in [0.3, 0.4) is 0 Å². The van der Waals surface area contributed by atoms with Crippen molar-refractivity contribution in [2.75, 3.05) is 7.11 Å². The standard InChI is InChI=1S/C16H15NO3/c1-11(18)16-14(19-2)4-3-5-15(16)20-13-8-6-12(10-17)7-9-13/h3-9,11,18H,1-2H3/t11-/m0/s1. The molecule has 2 rings (SSSR count). The first kappa shape index (κ1) is 13.9. The average molecular weight is 269 g/mol. The number of methoxy groups -OCH3 is 1. The summed E-state index contributed by atoms with van der Waals surface area (Å²) < 4.78 is 11.0. The Kier molecular flexibility index (Phi) is 4.24. The third-order valence-electron chi connectivity index (χ3n) is 2.88. The Bertz CT molecular complexity index is 627. The van der Waals surface area contributed by atoms with Gasteiger partial charge in [0, 0.05) is 0 Å². The highest BCUT2D eigenvalue weighted by Crippen LogP contribution is 2.36. The number of nitrogens with zero attached hydrogens (tertiary/aromatic N) is 1. The summed E-state index contributed by atoms with van der Waals surface area (Å²) in [6.07, 6.45) is -0.709. The molecule has 1 N–H and O–H groups in total. The molecular weight excluding hydrogens is 254 g/mol. The predicted molar refractivity (Wildman–Crippen MR) is 74.9 cm³/mol. The molecule has 0 amide bonds. The second-order valence-corrected chi connectivity index (χ2v) is 4.29. The lowest BCUT2D eigenvalue weighted by Crippen LogP contribution is -2.00. The molecule has 0 fully saturated rings. The molecule has 2 aromatic rings. The summed E-state index contributed by atoms with van der Waals surface area (Å²) in [4.78, 5) is 0. The topological polar surface area (TPSA) is 62.5 Å². The molecule has 0 spiro atoms. The number of benzene rings is 2. The Balaban J connectivity index is 2.35. The van der Waals surface area contributed by atoms with Crippen molar-refractivity contribution in [2.45, 2.75) is 13.0 Å². The molecule has 0 aromatic heterocycles. The monoisotopic (exact) mass is 269 g/mol. The lowest BCUT2D eigenvalue weighted by Gasteiger charge is -2.16. The van der Waals surface area contributed by atoms with Crippen LogP contribution in [0.25, 0.3) is 0 Å². The summed E-state index contributed by atoms with van der Waals surface area (Å²) in [7, 11) is 1.55. The molecule has 102 valence electrons. The number of aliphatic hydroxyl groups is 1. The van der Waals surface area contributed by atoms with Crippen LogP contribution in [0.15, 0.2) is 42.5 Å². The zero-order chi connectivity index (χ0) is 14.5. The Morgan fingerprint density at radius 1 is 1.10 bits per heavy atom. The highest BCUT2D eigenvalue weighted by atomic mass is 16.5. The molecule has 0 saturated carbocycles. The fourth-order valence-electron chi connectivity index (χ4n) is 1.93. The first-order valence-electron chi connectivity index (χ1n) is 6.18. The predicted octanol–water partition coefficient (Wildman–Crippen LogP) is 3.41. The minimum Gasteiger partial charge on any atom is -0.496 e. The molecule has 0 heterocycles. The lowest BCUT2D eigenvalue weighted by molar-refractivity contribution is 0.190. The zero-order valence-corrected chi connectivity index (χ0v) is 11.3. The summed E-state index contributed by atoms with van der Waals surface area (Å²) in [6, 6.07) is 14.2. The minimum atomic E-state index is -0.709. The SMILES string of the molecule is COc1cccc(Oc2ccc(C#N)cc2)c1[C@H](C)O. The average Bonchev–Trinajstić information content (AvgIpc) is 2.47. The fraction of sp³-hybridized carbons (Fsp3) is 0.188. The van der Waals surface area contributed by atoms with Crippen LogP contribution < -0.4 is 9.47 Å². The summed E-state index contributed by atoms with van der Waals surface area (Å²) in [5.41, 5.74) is 1.16. The quantitative estimate of drug-likeness (QED) is 0.923. The van der Waals surface area contributed by atoms with Crippen molar-refractivity contribution in [1.82, 2.24) is 0 Å². The van der Waals surface area contributed by atoms with E-state index in [-0.39, 0.29) is 0 Å². The molecule has 0 radical (unpaired) electrons. The van der Waals surface area contributed by atoms with E-state index in [4.69, 9.17) is 14.7 Å². The normalized spacial score (nSPS) is 11.5. The second-order valence-electron chi connectivity index (χ2n) is 4.29. The van der Waals surface area contributed by atoms with Gasteiger partial charge in [-0.1, -0.05) is 6.07 Å². The third kappa shape index (κ3) is 2.90. The molecule has 0 unspecified atom stereocenters.